The number of hydrogen-bond acceptors (Lipinski definition) is 4. The maximum absolute atomic E-state index is 12.6. The maximum atomic E-state index is 12.6. The van der Waals surface area contributed by atoms with E-state index in [0.717, 1.165) is 0 Å². The number of aromatic nitrogens is 1. The zero-order valence-corrected chi connectivity index (χ0v) is 15.4. The molecule has 7 heteroatoms. The first-order valence-corrected chi connectivity index (χ1v) is 8.89. The molecule has 0 spiro atoms. The first-order chi connectivity index (χ1) is 11.7. The Morgan fingerprint density at radius 2 is 1.56 bits per heavy atom. The summed E-state index contributed by atoms with van der Waals surface area (Å²) in [7, 11) is -1.42. The monoisotopic (exact) mass is 359 g/mol. The molecule has 1 unspecified atom stereocenters. The molecule has 25 heavy (non-hydrogen) atoms. The lowest BCUT2D eigenvalue weighted by Gasteiger charge is -2.18. The lowest BCUT2D eigenvalue weighted by molar-refractivity contribution is -0.114. The number of hydrogen-bond donors (Lipinski definition) is 2. The number of pyridine rings is 1. The smallest absolute Gasteiger partial charge is 0.258 e. The van der Waals surface area contributed by atoms with Crippen molar-refractivity contribution in [3.63, 3.8) is 0 Å². The summed E-state index contributed by atoms with van der Waals surface area (Å²) in [6.07, 6.45) is 1.53. The van der Waals surface area contributed by atoms with E-state index in [-0.39, 0.29) is 22.4 Å². The van der Waals surface area contributed by atoms with Gasteiger partial charge >= 0.3 is 0 Å². The highest BCUT2D eigenvalue weighted by Gasteiger charge is 2.26. The van der Waals surface area contributed by atoms with Crippen LogP contribution in [0.3, 0.4) is 0 Å². The molecule has 1 aromatic carbocycles. The molecule has 2 aromatic rings. The summed E-state index contributed by atoms with van der Waals surface area (Å²) < 4.78 is 12.1. The van der Waals surface area contributed by atoms with Crippen molar-refractivity contribution < 1.29 is 13.8 Å². The van der Waals surface area contributed by atoms with Gasteiger partial charge in [0.05, 0.1) is 16.4 Å². The number of benzene rings is 1. The second-order valence-electron chi connectivity index (χ2n) is 6.45. The molecule has 0 radical (unpaired) electrons. The Hall–Kier alpha value is -2.54. The van der Waals surface area contributed by atoms with Crippen LogP contribution in [0.25, 0.3) is 0 Å². The van der Waals surface area contributed by atoms with Crippen LogP contribution in [0.2, 0.25) is 0 Å². The van der Waals surface area contributed by atoms with E-state index >= 15 is 0 Å². The van der Waals surface area contributed by atoms with Gasteiger partial charge in [0, 0.05) is 29.2 Å². The molecule has 1 aromatic heterocycles. The molecule has 1 heterocycles. The predicted molar refractivity (Wildman–Crippen MR) is 99.1 cm³/mol. The summed E-state index contributed by atoms with van der Waals surface area (Å²) in [5.74, 6) is -0.547. The largest absolute Gasteiger partial charge is 0.326 e. The predicted octanol–water partition coefficient (Wildman–Crippen LogP) is 3.20. The van der Waals surface area contributed by atoms with E-state index in [1.54, 1.807) is 36.4 Å². The van der Waals surface area contributed by atoms with Gasteiger partial charge in [-0.15, -0.1) is 0 Å². The fourth-order valence-electron chi connectivity index (χ4n) is 2.04. The molecule has 1 atom stereocenters. The Morgan fingerprint density at radius 1 is 1.00 bits per heavy atom. The molecule has 0 aliphatic carbocycles. The van der Waals surface area contributed by atoms with Crippen LogP contribution in [0, 0.1) is 0 Å². The minimum atomic E-state index is -1.42. The Kier molecular flexibility index (Phi) is 5.69. The topological polar surface area (TPSA) is 88.2 Å². The average Bonchev–Trinajstić information content (AvgIpc) is 2.54. The number of nitrogens with zero attached hydrogens (tertiary/aromatic N) is 1. The normalized spacial score (nSPS) is 12.3. The van der Waals surface area contributed by atoms with Crippen LogP contribution in [-0.2, 0) is 15.6 Å². The van der Waals surface area contributed by atoms with Crippen molar-refractivity contribution in [3.05, 3.63) is 48.2 Å². The van der Waals surface area contributed by atoms with Crippen molar-refractivity contribution in [3.8, 4) is 0 Å². The van der Waals surface area contributed by atoms with E-state index in [4.69, 9.17) is 0 Å². The van der Waals surface area contributed by atoms with Gasteiger partial charge in [-0.25, -0.2) is 4.98 Å². The van der Waals surface area contributed by atoms with Crippen LogP contribution in [0.15, 0.2) is 47.6 Å². The number of carbonyl (C=O) groups is 2. The lowest BCUT2D eigenvalue weighted by atomic mass is 10.2. The van der Waals surface area contributed by atoms with Crippen molar-refractivity contribution in [1.29, 1.82) is 0 Å². The molecular weight excluding hydrogens is 338 g/mol. The zero-order chi connectivity index (χ0) is 18.6. The van der Waals surface area contributed by atoms with Gasteiger partial charge in [0.1, 0.15) is 5.03 Å². The molecule has 0 saturated heterocycles. The third kappa shape index (κ3) is 4.96. The van der Waals surface area contributed by atoms with E-state index in [9.17, 15) is 13.8 Å². The van der Waals surface area contributed by atoms with E-state index in [1.165, 1.54) is 13.1 Å². The molecule has 0 aliphatic rings. The van der Waals surface area contributed by atoms with E-state index in [2.05, 4.69) is 15.6 Å². The first kappa shape index (κ1) is 18.8. The lowest BCUT2D eigenvalue weighted by Crippen LogP contribution is -2.25. The van der Waals surface area contributed by atoms with Gasteiger partial charge in [-0.2, -0.15) is 0 Å². The standard InChI is InChI=1S/C18H21N3O3S/c1-12(22)20-13-7-9-14(10-8-13)21-16(23)15-6-5-11-19-17(15)25(24)18(2,3)4/h5-11H,1-4H3,(H,20,22)(H,21,23). The van der Waals surface area contributed by atoms with Crippen molar-refractivity contribution in [2.45, 2.75) is 37.5 Å². The van der Waals surface area contributed by atoms with Crippen LogP contribution in [0.5, 0.6) is 0 Å². The van der Waals surface area contributed by atoms with Crippen molar-refractivity contribution in [1.82, 2.24) is 4.98 Å². The van der Waals surface area contributed by atoms with Gasteiger partial charge in [-0.05, 0) is 57.2 Å². The summed E-state index contributed by atoms with van der Waals surface area (Å²) in [5, 5.41) is 5.68. The Labute approximate surface area is 149 Å². The molecule has 2 rings (SSSR count). The highest BCUT2D eigenvalue weighted by atomic mass is 32.2. The van der Waals surface area contributed by atoms with Crippen molar-refractivity contribution in [2.24, 2.45) is 0 Å². The Bertz CT molecular complexity index is 811. The molecule has 0 aliphatic heterocycles. The van der Waals surface area contributed by atoms with Crippen LogP contribution in [0.1, 0.15) is 38.1 Å². The number of amides is 2. The second kappa shape index (κ2) is 7.57. The van der Waals surface area contributed by atoms with Gasteiger partial charge in [0.25, 0.3) is 5.91 Å². The molecule has 132 valence electrons. The molecule has 0 bridgehead atoms. The van der Waals surface area contributed by atoms with Crippen LogP contribution < -0.4 is 10.6 Å². The van der Waals surface area contributed by atoms with Crippen molar-refractivity contribution in [2.75, 3.05) is 10.6 Å². The quantitative estimate of drug-likeness (QED) is 0.877. The van der Waals surface area contributed by atoms with Crippen LogP contribution >= 0.6 is 0 Å². The number of carbonyl (C=O) groups excluding carboxylic acids is 2. The van der Waals surface area contributed by atoms with E-state index in [0.29, 0.717) is 11.4 Å². The van der Waals surface area contributed by atoms with Crippen LogP contribution in [0.4, 0.5) is 11.4 Å². The summed E-state index contributed by atoms with van der Waals surface area (Å²) in [5.41, 5.74) is 1.48. The first-order valence-electron chi connectivity index (χ1n) is 7.74. The highest BCUT2D eigenvalue weighted by Crippen LogP contribution is 2.22. The SMILES string of the molecule is CC(=O)Nc1ccc(NC(=O)c2cccnc2S(=O)C(C)(C)C)cc1. The number of rotatable bonds is 4. The zero-order valence-electron chi connectivity index (χ0n) is 14.6. The van der Waals surface area contributed by atoms with Crippen LogP contribution in [-0.4, -0.2) is 25.8 Å². The average molecular weight is 359 g/mol. The number of anilines is 2. The molecule has 0 saturated carbocycles. The van der Waals surface area contributed by atoms with Gasteiger partial charge < -0.3 is 10.6 Å². The molecular formula is C18H21N3O3S. The van der Waals surface area contributed by atoms with Gasteiger partial charge in [0.15, 0.2) is 0 Å². The highest BCUT2D eigenvalue weighted by molar-refractivity contribution is 7.86. The third-order valence-corrected chi connectivity index (χ3v) is 5.00. The van der Waals surface area contributed by atoms with E-state index < -0.39 is 15.5 Å². The van der Waals surface area contributed by atoms with Gasteiger partial charge in [-0.1, -0.05) is 0 Å². The second-order valence-corrected chi connectivity index (χ2v) is 8.60. The van der Waals surface area contributed by atoms with Crippen molar-refractivity contribution >= 4 is 34.0 Å². The van der Waals surface area contributed by atoms with Gasteiger partial charge in [-0.3, -0.25) is 13.8 Å². The molecule has 6 nitrogen and oxygen atoms in total. The number of nitrogens with one attached hydrogen (secondary N) is 2. The minimum Gasteiger partial charge on any atom is -0.326 e. The maximum Gasteiger partial charge on any atom is 0.258 e. The summed E-state index contributed by atoms with van der Waals surface area (Å²) in [6.45, 7) is 6.93. The summed E-state index contributed by atoms with van der Waals surface area (Å²) >= 11 is 0. The Balaban J connectivity index is 2.22. The van der Waals surface area contributed by atoms with E-state index in [1.807, 2.05) is 20.8 Å². The molecule has 0 fully saturated rings. The fraction of sp³-hybridized carbons (Fsp3) is 0.278. The molecule has 2 amide bonds. The fourth-order valence-corrected chi connectivity index (χ4v) is 3.14. The van der Waals surface area contributed by atoms with Gasteiger partial charge in [0.2, 0.25) is 5.91 Å². The summed E-state index contributed by atoms with van der Waals surface area (Å²) in [4.78, 5) is 27.7. The molecule has 2 N–H and O–H groups in total. The summed E-state index contributed by atoms with van der Waals surface area (Å²) in [6, 6.07) is 9.98. The minimum absolute atomic E-state index is 0.165. The Morgan fingerprint density at radius 3 is 2.08 bits per heavy atom. The third-order valence-electron chi connectivity index (χ3n) is 3.21.